The maximum absolute atomic E-state index is 11.5. The standard InChI is InChI=1S/C11H9BrN2O2/c1-14-10(15)6-9(13-11(14)16)7-4-2-3-5-8(7)12/h2-6H,1H3,(H,13,16). The summed E-state index contributed by atoms with van der Waals surface area (Å²) in [6.45, 7) is 0. The summed E-state index contributed by atoms with van der Waals surface area (Å²) in [7, 11) is 1.44. The fraction of sp³-hybridized carbons (Fsp3) is 0.0909. The topological polar surface area (TPSA) is 54.9 Å². The molecule has 1 aromatic carbocycles. The van der Waals surface area contributed by atoms with Gasteiger partial charge in [-0.2, -0.15) is 0 Å². The summed E-state index contributed by atoms with van der Waals surface area (Å²) in [6, 6.07) is 8.80. The third-order valence-corrected chi connectivity index (χ3v) is 3.00. The van der Waals surface area contributed by atoms with Crippen LogP contribution in [0.15, 0.2) is 44.4 Å². The van der Waals surface area contributed by atoms with Gasteiger partial charge in [0.15, 0.2) is 0 Å². The third-order valence-electron chi connectivity index (χ3n) is 2.31. The van der Waals surface area contributed by atoms with Crippen molar-refractivity contribution in [1.29, 1.82) is 0 Å². The molecule has 16 heavy (non-hydrogen) atoms. The molecule has 0 atom stereocenters. The number of benzene rings is 1. The molecule has 0 aliphatic heterocycles. The number of hydrogen-bond donors (Lipinski definition) is 1. The predicted octanol–water partition coefficient (Wildman–Crippen LogP) is 1.50. The lowest BCUT2D eigenvalue weighted by Gasteiger charge is -2.04. The Balaban J connectivity index is 2.72. The van der Waals surface area contributed by atoms with Gasteiger partial charge in [0.2, 0.25) is 0 Å². The molecule has 2 rings (SSSR count). The van der Waals surface area contributed by atoms with E-state index in [1.165, 1.54) is 13.1 Å². The Morgan fingerprint density at radius 1 is 1.25 bits per heavy atom. The summed E-state index contributed by atoms with van der Waals surface area (Å²) < 4.78 is 1.86. The van der Waals surface area contributed by atoms with Crippen LogP contribution in [-0.4, -0.2) is 9.55 Å². The molecule has 2 aromatic rings. The van der Waals surface area contributed by atoms with Crippen LogP contribution in [0.4, 0.5) is 0 Å². The van der Waals surface area contributed by atoms with Crippen LogP contribution in [0.5, 0.6) is 0 Å². The van der Waals surface area contributed by atoms with Crippen molar-refractivity contribution in [2.75, 3.05) is 0 Å². The summed E-state index contributed by atoms with van der Waals surface area (Å²) in [5.74, 6) is 0. The highest BCUT2D eigenvalue weighted by Crippen LogP contribution is 2.24. The van der Waals surface area contributed by atoms with E-state index in [2.05, 4.69) is 20.9 Å². The summed E-state index contributed by atoms with van der Waals surface area (Å²) in [5, 5.41) is 0. The summed E-state index contributed by atoms with van der Waals surface area (Å²) in [6.07, 6.45) is 0. The van der Waals surface area contributed by atoms with Gasteiger partial charge in [0, 0.05) is 23.2 Å². The Hall–Kier alpha value is -1.62. The number of aromatic amines is 1. The first-order chi connectivity index (χ1) is 7.59. The van der Waals surface area contributed by atoms with Crippen molar-refractivity contribution < 1.29 is 0 Å². The number of halogens is 1. The van der Waals surface area contributed by atoms with Crippen molar-refractivity contribution in [3.63, 3.8) is 0 Å². The Labute approximate surface area is 99.7 Å². The van der Waals surface area contributed by atoms with E-state index in [9.17, 15) is 9.59 Å². The van der Waals surface area contributed by atoms with Crippen LogP contribution in [0.2, 0.25) is 0 Å². The molecular formula is C11H9BrN2O2. The molecule has 0 bridgehead atoms. The molecule has 4 nitrogen and oxygen atoms in total. The van der Waals surface area contributed by atoms with Gasteiger partial charge in [-0.1, -0.05) is 34.1 Å². The molecule has 1 heterocycles. The number of rotatable bonds is 1. The van der Waals surface area contributed by atoms with Crippen LogP contribution in [0.3, 0.4) is 0 Å². The maximum atomic E-state index is 11.5. The minimum absolute atomic E-state index is 0.325. The monoisotopic (exact) mass is 280 g/mol. The second-order valence-electron chi connectivity index (χ2n) is 3.37. The Bertz CT molecular complexity index is 612. The van der Waals surface area contributed by atoms with Crippen molar-refractivity contribution in [1.82, 2.24) is 9.55 Å². The van der Waals surface area contributed by atoms with E-state index in [-0.39, 0.29) is 5.56 Å². The SMILES string of the molecule is Cn1c(=O)cc(-c2ccccc2Br)[nH]c1=O. The minimum Gasteiger partial charge on any atom is -0.307 e. The van der Waals surface area contributed by atoms with Gasteiger partial charge in [0.25, 0.3) is 5.56 Å². The molecule has 5 heteroatoms. The molecule has 0 unspecified atom stereocenters. The van der Waals surface area contributed by atoms with E-state index >= 15 is 0 Å². The minimum atomic E-state index is -0.418. The van der Waals surface area contributed by atoms with Crippen molar-refractivity contribution in [2.45, 2.75) is 0 Å². The largest absolute Gasteiger partial charge is 0.328 e. The Morgan fingerprint density at radius 2 is 1.94 bits per heavy atom. The lowest BCUT2D eigenvalue weighted by Crippen LogP contribution is -2.32. The van der Waals surface area contributed by atoms with Crippen LogP contribution in [0, 0.1) is 0 Å². The molecule has 1 N–H and O–H groups in total. The molecular weight excluding hydrogens is 272 g/mol. The second-order valence-corrected chi connectivity index (χ2v) is 4.22. The van der Waals surface area contributed by atoms with Crippen LogP contribution >= 0.6 is 15.9 Å². The number of H-pyrrole nitrogens is 1. The number of nitrogens with one attached hydrogen (secondary N) is 1. The van der Waals surface area contributed by atoms with E-state index in [4.69, 9.17) is 0 Å². The van der Waals surface area contributed by atoms with Gasteiger partial charge in [-0.3, -0.25) is 9.36 Å². The highest BCUT2D eigenvalue weighted by molar-refractivity contribution is 9.10. The summed E-state index contributed by atoms with van der Waals surface area (Å²) in [4.78, 5) is 25.6. The molecule has 0 saturated heterocycles. The Morgan fingerprint density at radius 3 is 2.56 bits per heavy atom. The van der Waals surface area contributed by atoms with E-state index < -0.39 is 5.69 Å². The average Bonchev–Trinajstić information content (AvgIpc) is 2.26. The third kappa shape index (κ3) is 1.86. The van der Waals surface area contributed by atoms with Gasteiger partial charge in [0.1, 0.15) is 0 Å². The first-order valence-corrected chi connectivity index (χ1v) is 5.44. The quantitative estimate of drug-likeness (QED) is 0.861. The number of nitrogens with zero attached hydrogens (tertiary/aromatic N) is 1. The lowest BCUT2D eigenvalue weighted by molar-refractivity contribution is 0.778. The van der Waals surface area contributed by atoms with E-state index in [1.54, 1.807) is 0 Å². The maximum Gasteiger partial charge on any atom is 0.328 e. The average molecular weight is 281 g/mol. The molecule has 0 saturated carbocycles. The van der Waals surface area contributed by atoms with Crippen molar-refractivity contribution in [2.24, 2.45) is 7.05 Å². The van der Waals surface area contributed by atoms with Gasteiger partial charge < -0.3 is 4.98 Å². The first kappa shape index (κ1) is 10.9. The van der Waals surface area contributed by atoms with Crippen molar-refractivity contribution in [3.05, 3.63) is 55.6 Å². The second kappa shape index (κ2) is 4.09. The van der Waals surface area contributed by atoms with Gasteiger partial charge >= 0.3 is 5.69 Å². The molecule has 82 valence electrons. The highest BCUT2D eigenvalue weighted by atomic mass is 79.9. The zero-order valence-electron chi connectivity index (χ0n) is 8.53. The van der Waals surface area contributed by atoms with Crippen LogP contribution in [-0.2, 0) is 7.05 Å². The normalized spacial score (nSPS) is 10.4. The molecule has 0 spiro atoms. The molecule has 0 radical (unpaired) electrons. The molecule has 0 fully saturated rings. The zero-order chi connectivity index (χ0) is 11.7. The fourth-order valence-electron chi connectivity index (χ4n) is 1.38. The van der Waals surface area contributed by atoms with Crippen LogP contribution in [0.25, 0.3) is 11.3 Å². The number of hydrogen-bond acceptors (Lipinski definition) is 2. The van der Waals surface area contributed by atoms with E-state index in [1.807, 2.05) is 24.3 Å². The molecule has 0 aliphatic rings. The summed E-state index contributed by atoms with van der Waals surface area (Å²) >= 11 is 3.37. The zero-order valence-corrected chi connectivity index (χ0v) is 10.1. The van der Waals surface area contributed by atoms with Gasteiger partial charge in [0.05, 0.1) is 5.69 Å². The van der Waals surface area contributed by atoms with E-state index in [0.29, 0.717) is 5.69 Å². The highest BCUT2D eigenvalue weighted by Gasteiger charge is 2.05. The first-order valence-electron chi connectivity index (χ1n) is 4.65. The van der Waals surface area contributed by atoms with Crippen molar-refractivity contribution in [3.8, 4) is 11.3 Å². The fourth-order valence-corrected chi connectivity index (χ4v) is 1.88. The predicted molar refractivity (Wildman–Crippen MR) is 65.4 cm³/mol. The van der Waals surface area contributed by atoms with Crippen LogP contribution < -0.4 is 11.2 Å². The molecule has 0 aliphatic carbocycles. The smallest absolute Gasteiger partial charge is 0.307 e. The van der Waals surface area contributed by atoms with Crippen molar-refractivity contribution >= 4 is 15.9 Å². The Kier molecular flexibility index (Phi) is 2.78. The molecule has 1 aromatic heterocycles. The van der Waals surface area contributed by atoms with Gasteiger partial charge in [-0.05, 0) is 6.07 Å². The van der Waals surface area contributed by atoms with E-state index in [0.717, 1.165) is 14.6 Å². The lowest BCUT2D eigenvalue weighted by atomic mass is 10.1. The van der Waals surface area contributed by atoms with Gasteiger partial charge in [-0.15, -0.1) is 0 Å². The molecule has 0 amide bonds. The number of aromatic nitrogens is 2. The summed E-state index contributed by atoms with van der Waals surface area (Å²) in [5.41, 5.74) is 0.561. The van der Waals surface area contributed by atoms with Crippen LogP contribution in [0.1, 0.15) is 0 Å². The van der Waals surface area contributed by atoms with Gasteiger partial charge in [-0.25, -0.2) is 4.79 Å².